The van der Waals surface area contributed by atoms with Gasteiger partial charge in [0, 0.05) is 24.0 Å². The predicted octanol–water partition coefficient (Wildman–Crippen LogP) is 3.07. The summed E-state index contributed by atoms with van der Waals surface area (Å²) in [4.78, 5) is 4.07. The van der Waals surface area contributed by atoms with Gasteiger partial charge in [-0.1, -0.05) is 11.6 Å². The van der Waals surface area contributed by atoms with Crippen molar-refractivity contribution in [3.8, 4) is 0 Å². The van der Waals surface area contributed by atoms with Crippen molar-refractivity contribution < 1.29 is 4.39 Å². The normalized spacial score (nSPS) is 10.5. The fraction of sp³-hybridized carbons (Fsp3) is 0.100. The Morgan fingerprint density at radius 3 is 2.86 bits per heavy atom. The maximum absolute atomic E-state index is 13.1. The first-order chi connectivity index (χ1) is 6.72. The van der Waals surface area contributed by atoms with E-state index in [-0.39, 0.29) is 5.82 Å². The van der Waals surface area contributed by atoms with Gasteiger partial charge in [0.15, 0.2) is 0 Å². The average Bonchev–Trinajstić information content (AvgIpc) is 2.17. The molecule has 1 aromatic heterocycles. The molecule has 0 bridgehead atoms. The van der Waals surface area contributed by atoms with E-state index in [0.717, 1.165) is 5.39 Å². The third kappa shape index (κ3) is 1.40. The lowest BCUT2D eigenvalue weighted by atomic mass is 10.1. The molecule has 1 aromatic carbocycles. The fourth-order valence-electron chi connectivity index (χ4n) is 1.41. The number of hydrogen-bond acceptors (Lipinski definition) is 2. The third-order valence-electron chi connectivity index (χ3n) is 2.03. The number of nitrogens with zero attached hydrogens (tertiary/aromatic N) is 1. The largest absolute Gasteiger partial charge is 0.373 e. The van der Waals surface area contributed by atoms with Crippen LogP contribution in [0.25, 0.3) is 10.8 Å². The maximum atomic E-state index is 13.1. The van der Waals surface area contributed by atoms with Gasteiger partial charge in [0.05, 0.1) is 5.02 Å². The Hall–Kier alpha value is -1.35. The lowest BCUT2D eigenvalue weighted by Gasteiger charge is -2.05. The number of fused-ring (bicyclic) bond motifs is 1. The van der Waals surface area contributed by atoms with Crippen LogP contribution in [0.2, 0.25) is 5.02 Å². The van der Waals surface area contributed by atoms with Crippen molar-refractivity contribution in [2.45, 2.75) is 0 Å². The molecule has 0 atom stereocenters. The molecular weight excluding hydrogens is 203 g/mol. The molecule has 0 saturated heterocycles. The summed E-state index contributed by atoms with van der Waals surface area (Å²) >= 11 is 5.90. The Bertz CT molecular complexity index is 485. The van der Waals surface area contributed by atoms with Crippen molar-refractivity contribution in [2.24, 2.45) is 0 Å². The summed E-state index contributed by atoms with van der Waals surface area (Å²) in [5, 5.41) is 4.78. The first-order valence-corrected chi connectivity index (χ1v) is 4.51. The van der Waals surface area contributed by atoms with Crippen LogP contribution in [-0.2, 0) is 0 Å². The third-order valence-corrected chi connectivity index (χ3v) is 2.34. The molecule has 2 aromatic rings. The van der Waals surface area contributed by atoms with Gasteiger partial charge in [-0.05, 0) is 18.2 Å². The highest BCUT2D eigenvalue weighted by molar-refractivity contribution is 6.35. The zero-order chi connectivity index (χ0) is 10.1. The van der Waals surface area contributed by atoms with Crippen LogP contribution in [-0.4, -0.2) is 12.0 Å². The highest BCUT2D eigenvalue weighted by atomic mass is 35.5. The molecule has 0 aliphatic heterocycles. The summed E-state index contributed by atoms with van der Waals surface area (Å²) < 4.78 is 13.1. The van der Waals surface area contributed by atoms with E-state index in [0.29, 0.717) is 16.2 Å². The van der Waals surface area contributed by atoms with E-state index >= 15 is 0 Å². The van der Waals surface area contributed by atoms with Gasteiger partial charge in [0.2, 0.25) is 0 Å². The highest BCUT2D eigenvalue weighted by Gasteiger charge is 2.05. The summed E-state index contributed by atoms with van der Waals surface area (Å²) in [7, 11) is 1.74. The first-order valence-electron chi connectivity index (χ1n) is 4.14. The van der Waals surface area contributed by atoms with Crippen LogP contribution in [0.5, 0.6) is 0 Å². The van der Waals surface area contributed by atoms with Crippen LogP contribution in [0.15, 0.2) is 24.4 Å². The minimum absolute atomic E-state index is 0.355. The van der Waals surface area contributed by atoms with Crippen molar-refractivity contribution in [2.75, 3.05) is 12.4 Å². The average molecular weight is 211 g/mol. The van der Waals surface area contributed by atoms with Crippen LogP contribution >= 0.6 is 11.6 Å². The Morgan fingerprint density at radius 1 is 1.36 bits per heavy atom. The van der Waals surface area contributed by atoms with Crippen LogP contribution in [0.1, 0.15) is 0 Å². The van der Waals surface area contributed by atoms with Gasteiger partial charge >= 0.3 is 0 Å². The van der Waals surface area contributed by atoms with Gasteiger partial charge in [0.25, 0.3) is 0 Å². The molecule has 2 nitrogen and oxygen atoms in total. The SMILES string of the molecule is CNc1nccc2c(Cl)cc(F)cc12. The molecule has 0 unspecified atom stereocenters. The van der Waals surface area contributed by atoms with E-state index in [2.05, 4.69) is 10.3 Å². The van der Waals surface area contributed by atoms with Crippen molar-refractivity contribution in [3.05, 3.63) is 35.2 Å². The molecule has 0 fully saturated rings. The molecule has 14 heavy (non-hydrogen) atoms. The second-order valence-corrected chi connectivity index (χ2v) is 3.30. The molecular formula is C10H8ClFN2. The number of hydrogen-bond donors (Lipinski definition) is 1. The van der Waals surface area contributed by atoms with Crippen molar-refractivity contribution >= 4 is 28.2 Å². The smallest absolute Gasteiger partial charge is 0.133 e. The van der Waals surface area contributed by atoms with Gasteiger partial charge in [-0.25, -0.2) is 9.37 Å². The molecule has 4 heteroatoms. The zero-order valence-electron chi connectivity index (χ0n) is 7.51. The van der Waals surface area contributed by atoms with Crippen LogP contribution < -0.4 is 5.32 Å². The highest BCUT2D eigenvalue weighted by Crippen LogP contribution is 2.28. The lowest BCUT2D eigenvalue weighted by Crippen LogP contribution is -1.93. The lowest BCUT2D eigenvalue weighted by molar-refractivity contribution is 0.630. The molecule has 0 radical (unpaired) electrons. The summed E-state index contributed by atoms with van der Waals surface area (Å²) in [5.74, 6) is 0.274. The first kappa shape index (κ1) is 9.21. The quantitative estimate of drug-likeness (QED) is 0.783. The van der Waals surface area contributed by atoms with Crippen molar-refractivity contribution in [1.82, 2.24) is 4.98 Å². The number of benzene rings is 1. The molecule has 0 aliphatic rings. The summed E-state index contributed by atoms with van der Waals surface area (Å²) in [5.41, 5.74) is 0. The van der Waals surface area contributed by atoms with Crippen LogP contribution in [0, 0.1) is 5.82 Å². The maximum Gasteiger partial charge on any atom is 0.133 e. The second-order valence-electron chi connectivity index (χ2n) is 2.89. The van der Waals surface area contributed by atoms with Crippen LogP contribution in [0.3, 0.4) is 0 Å². The molecule has 72 valence electrons. The summed E-state index contributed by atoms with van der Waals surface area (Å²) in [6.07, 6.45) is 1.64. The van der Waals surface area contributed by atoms with Crippen molar-refractivity contribution in [3.63, 3.8) is 0 Å². The topological polar surface area (TPSA) is 24.9 Å². The minimum atomic E-state index is -0.355. The molecule has 1 N–H and O–H groups in total. The number of aromatic nitrogens is 1. The molecule has 1 heterocycles. The molecule has 2 rings (SSSR count). The van der Waals surface area contributed by atoms with E-state index in [9.17, 15) is 4.39 Å². The van der Waals surface area contributed by atoms with Gasteiger partial charge in [-0.15, -0.1) is 0 Å². The predicted molar refractivity (Wildman–Crippen MR) is 56.3 cm³/mol. The molecule has 0 aliphatic carbocycles. The van der Waals surface area contributed by atoms with Crippen molar-refractivity contribution in [1.29, 1.82) is 0 Å². The number of pyridine rings is 1. The second kappa shape index (κ2) is 3.42. The Morgan fingerprint density at radius 2 is 2.14 bits per heavy atom. The van der Waals surface area contributed by atoms with Crippen LogP contribution in [0.4, 0.5) is 10.2 Å². The summed E-state index contributed by atoms with van der Waals surface area (Å²) in [6.45, 7) is 0. The Kier molecular flexibility index (Phi) is 2.25. The Balaban J connectivity index is 2.86. The Labute approximate surface area is 85.7 Å². The fourth-order valence-corrected chi connectivity index (χ4v) is 1.67. The minimum Gasteiger partial charge on any atom is -0.373 e. The van der Waals surface area contributed by atoms with Gasteiger partial charge in [-0.2, -0.15) is 0 Å². The number of rotatable bonds is 1. The van der Waals surface area contributed by atoms with Gasteiger partial charge in [-0.3, -0.25) is 0 Å². The monoisotopic (exact) mass is 210 g/mol. The van der Waals surface area contributed by atoms with E-state index < -0.39 is 0 Å². The van der Waals surface area contributed by atoms with Gasteiger partial charge < -0.3 is 5.32 Å². The molecule has 0 spiro atoms. The number of nitrogens with one attached hydrogen (secondary N) is 1. The number of anilines is 1. The van der Waals surface area contributed by atoms with E-state index in [1.54, 1.807) is 19.3 Å². The van der Waals surface area contributed by atoms with E-state index in [1.165, 1.54) is 12.1 Å². The molecule has 0 amide bonds. The van der Waals surface area contributed by atoms with E-state index in [4.69, 9.17) is 11.6 Å². The van der Waals surface area contributed by atoms with Gasteiger partial charge in [0.1, 0.15) is 11.6 Å². The van der Waals surface area contributed by atoms with E-state index in [1.807, 2.05) is 0 Å². The zero-order valence-corrected chi connectivity index (χ0v) is 8.27. The molecule has 0 saturated carbocycles. The summed E-state index contributed by atoms with van der Waals surface area (Å²) in [6, 6.07) is 4.47. The number of halogens is 2. The standard InChI is InChI=1S/C10H8ClFN2/c1-13-10-8-4-6(12)5-9(11)7(8)2-3-14-10/h2-5H,1H3,(H,13,14).